The second kappa shape index (κ2) is 5.38. The minimum absolute atomic E-state index is 0.0419. The van der Waals surface area contributed by atoms with Crippen LogP contribution in [0.4, 0.5) is 0 Å². The molecule has 104 valence electrons. The van der Waals surface area contributed by atoms with Crippen LogP contribution in [0.2, 0.25) is 5.02 Å². The summed E-state index contributed by atoms with van der Waals surface area (Å²) in [6, 6.07) is 7.23. The number of benzene rings is 1. The topological polar surface area (TPSA) is 68.0 Å². The molecular weight excluding hydrogens is 274 g/mol. The van der Waals surface area contributed by atoms with E-state index in [1.165, 1.54) is 0 Å². The Morgan fingerprint density at radius 2 is 2.30 bits per heavy atom. The van der Waals surface area contributed by atoms with Crippen molar-refractivity contribution in [1.82, 2.24) is 10.3 Å². The molecule has 1 unspecified atom stereocenters. The van der Waals surface area contributed by atoms with Crippen molar-refractivity contribution in [3.8, 4) is 0 Å². The molecule has 1 aromatic heterocycles. The number of hydrogen-bond donors (Lipinski definition) is 2. The first kappa shape index (κ1) is 13.3. The maximum Gasteiger partial charge on any atom is 0.253 e. The molecule has 3 N–H and O–H groups in total. The molecule has 1 aliphatic carbocycles. The number of carbonyl (C=O) groups excluding carboxylic acids is 1. The lowest BCUT2D eigenvalue weighted by Crippen LogP contribution is -2.41. The average molecular weight is 290 g/mol. The van der Waals surface area contributed by atoms with E-state index in [2.05, 4.69) is 10.3 Å². The van der Waals surface area contributed by atoms with Crippen molar-refractivity contribution in [3.63, 3.8) is 0 Å². The van der Waals surface area contributed by atoms with Gasteiger partial charge in [-0.3, -0.25) is 9.78 Å². The summed E-state index contributed by atoms with van der Waals surface area (Å²) >= 11 is 6.08. The van der Waals surface area contributed by atoms with Crippen molar-refractivity contribution in [2.24, 2.45) is 11.7 Å². The van der Waals surface area contributed by atoms with E-state index in [-0.39, 0.29) is 11.9 Å². The number of pyridine rings is 1. The summed E-state index contributed by atoms with van der Waals surface area (Å²) in [5.74, 6) is 0.362. The molecule has 1 saturated carbocycles. The molecular formula is C15H16ClN3O. The number of nitrogens with zero attached hydrogens (tertiary/aromatic N) is 1. The lowest BCUT2D eigenvalue weighted by atomic mass is 10.1. The highest BCUT2D eigenvalue weighted by atomic mass is 35.5. The van der Waals surface area contributed by atoms with Gasteiger partial charge in [0.05, 0.1) is 11.1 Å². The van der Waals surface area contributed by atoms with Crippen LogP contribution in [0.5, 0.6) is 0 Å². The van der Waals surface area contributed by atoms with Crippen LogP contribution in [-0.2, 0) is 0 Å². The molecule has 0 spiro atoms. The van der Waals surface area contributed by atoms with Crippen molar-refractivity contribution in [2.45, 2.75) is 18.9 Å². The number of fused-ring (bicyclic) bond motifs is 1. The number of nitrogens with one attached hydrogen (secondary N) is 1. The summed E-state index contributed by atoms with van der Waals surface area (Å²) in [6.45, 7) is 0.461. The van der Waals surface area contributed by atoms with Gasteiger partial charge in [-0.25, -0.2) is 0 Å². The monoisotopic (exact) mass is 289 g/mol. The lowest BCUT2D eigenvalue weighted by molar-refractivity contribution is 0.0935. The SMILES string of the molecule is NCC(NC(=O)c1cc(Cl)cc2cccnc12)C1CC1. The Bertz CT molecular complexity index is 655. The average Bonchev–Trinajstić information content (AvgIpc) is 3.28. The van der Waals surface area contributed by atoms with Gasteiger partial charge in [0.25, 0.3) is 5.91 Å². The van der Waals surface area contributed by atoms with E-state index in [4.69, 9.17) is 17.3 Å². The predicted molar refractivity (Wildman–Crippen MR) is 79.8 cm³/mol. The van der Waals surface area contributed by atoms with Crippen LogP contribution in [0.25, 0.3) is 10.9 Å². The zero-order chi connectivity index (χ0) is 14.1. The molecule has 1 heterocycles. The highest BCUT2D eigenvalue weighted by Gasteiger charge is 2.31. The first-order valence-electron chi connectivity index (χ1n) is 6.74. The molecule has 3 rings (SSSR count). The third kappa shape index (κ3) is 2.62. The summed E-state index contributed by atoms with van der Waals surface area (Å²) in [5, 5.41) is 4.40. The maximum atomic E-state index is 12.4. The maximum absolute atomic E-state index is 12.4. The second-order valence-electron chi connectivity index (χ2n) is 5.18. The Morgan fingerprint density at radius 3 is 3.00 bits per heavy atom. The molecule has 0 bridgehead atoms. The highest BCUT2D eigenvalue weighted by Crippen LogP contribution is 2.32. The Morgan fingerprint density at radius 1 is 1.50 bits per heavy atom. The van der Waals surface area contributed by atoms with Crippen LogP contribution < -0.4 is 11.1 Å². The number of nitrogens with two attached hydrogens (primary N) is 1. The van der Waals surface area contributed by atoms with E-state index in [1.54, 1.807) is 12.3 Å². The van der Waals surface area contributed by atoms with Crippen LogP contribution >= 0.6 is 11.6 Å². The van der Waals surface area contributed by atoms with Gasteiger partial charge in [0, 0.05) is 29.2 Å². The number of amides is 1. The molecule has 0 radical (unpaired) electrons. The minimum atomic E-state index is -0.154. The molecule has 1 aromatic carbocycles. The van der Waals surface area contributed by atoms with Gasteiger partial charge in [-0.2, -0.15) is 0 Å². The molecule has 1 amide bonds. The molecule has 1 fully saturated rings. The van der Waals surface area contributed by atoms with Crippen LogP contribution in [0.15, 0.2) is 30.5 Å². The van der Waals surface area contributed by atoms with Crippen molar-refractivity contribution in [3.05, 3.63) is 41.0 Å². The van der Waals surface area contributed by atoms with E-state index in [9.17, 15) is 4.79 Å². The Hall–Kier alpha value is -1.65. The molecule has 2 aromatic rings. The first-order chi connectivity index (χ1) is 9.69. The van der Waals surface area contributed by atoms with Gasteiger partial charge in [-0.15, -0.1) is 0 Å². The highest BCUT2D eigenvalue weighted by molar-refractivity contribution is 6.32. The number of rotatable bonds is 4. The van der Waals surface area contributed by atoms with Crippen LogP contribution in [-0.4, -0.2) is 23.5 Å². The second-order valence-corrected chi connectivity index (χ2v) is 5.62. The molecule has 4 nitrogen and oxygen atoms in total. The van der Waals surface area contributed by atoms with E-state index in [0.29, 0.717) is 28.6 Å². The largest absolute Gasteiger partial charge is 0.348 e. The molecule has 5 heteroatoms. The Kier molecular flexibility index (Phi) is 3.59. The van der Waals surface area contributed by atoms with Gasteiger partial charge in [-0.1, -0.05) is 17.7 Å². The molecule has 0 saturated heterocycles. The zero-order valence-corrected chi connectivity index (χ0v) is 11.7. The quantitative estimate of drug-likeness (QED) is 0.908. The molecule has 20 heavy (non-hydrogen) atoms. The van der Waals surface area contributed by atoms with Gasteiger partial charge in [0.15, 0.2) is 0 Å². The van der Waals surface area contributed by atoms with Crippen molar-refractivity contribution >= 4 is 28.4 Å². The smallest absolute Gasteiger partial charge is 0.253 e. The molecule has 1 atom stereocenters. The van der Waals surface area contributed by atoms with E-state index in [1.807, 2.05) is 18.2 Å². The van der Waals surface area contributed by atoms with Crippen molar-refractivity contribution < 1.29 is 4.79 Å². The van der Waals surface area contributed by atoms with Crippen LogP contribution in [0.3, 0.4) is 0 Å². The zero-order valence-electron chi connectivity index (χ0n) is 11.0. The summed E-state index contributed by atoms with van der Waals surface area (Å²) in [6.07, 6.45) is 3.95. The first-order valence-corrected chi connectivity index (χ1v) is 7.12. The van der Waals surface area contributed by atoms with E-state index in [0.717, 1.165) is 18.2 Å². The summed E-state index contributed by atoms with van der Waals surface area (Å²) in [5.41, 5.74) is 6.90. The fourth-order valence-electron chi connectivity index (χ4n) is 2.44. The summed E-state index contributed by atoms with van der Waals surface area (Å²) in [4.78, 5) is 16.7. The van der Waals surface area contributed by atoms with Crippen LogP contribution in [0, 0.1) is 5.92 Å². The Balaban J connectivity index is 1.94. The minimum Gasteiger partial charge on any atom is -0.348 e. The molecule has 1 aliphatic rings. The molecule has 0 aliphatic heterocycles. The third-order valence-electron chi connectivity index (χ3n) is 3.68. The Labute approximate surface area is 122 Å². The van der Waals surface area contributed by atoms with E-state index < -0.39 is 0 Å². The summed E-state index contributed by atoms with van der Waals surface area (Å²) in [7, 11) is 0. The van der Waals surface area contributed by atoms with Gasteiger partial charge >= 0.3 is 0 Å². The number of hydrogen-bond acceptors (Lipinski definition) is 3. The van der Waals surface area contributed by atoms with Gasteiger partial charge < -0.3 is 11.1 Å². The van der Waals surface area contributed by atoms with E-state index >= 15 is 0 Å². The standard InChI is InChI=1S/C15H16ClN3O/c16-11-6-10-2-1-5-18-14(10)12(7-11)15(20)19-13(8-17)9-3-4-9/h1-2,5-7,9,13H,3-4,8,17H2,(H,19,20). The lowest BCUT2D eigenvalue weighted by Gasteiger charge is -2.16. The number of halogens is 1. The van der Waals surface area contributed by atoms with Gasteiger partial charge in [0.1, 0.15) is 0 Å². The third-order valence-corrected chi connectivity index (χ3v) is 3.89. The van der Waals surface area contributed by atoms with Crippen molar-refractivity contribution in [2.75, 3.05) is 6.54 Å². The van der Waals surface area contributed by atoms with Gasteiger partial charge in [0.2, 0.25) is 0 Å². The van der Waals surface area contributed by atoms with Crippen molar-refractivity contribution in [1.29, 1.82) is 0 Å². The number of aromatic nitrogens is 1. The predicted octanol–water partition coefficient (Wildman–Crippen LogP) is 2.36. The normalized spacial score (nSPS) is 16.1. The fraction of sp³-hybridized carbons (Fsp3) is 0.333. The summed E-state index contributed by atoms with van der Waals surface area (Å²) < 4.78 is 0. The number of carbonyl (C=O) groups is 1. The van der Waals surface area contributed by atoms with Crippen LogP contribution in [0.1, 0.15) is 23.2 Å². The van der Waals surface area contributed by atoms with Gasteiger partial charge in [-0.05, 0) is 37.0 Å². The fourth-order valence-corrected chi connectivity index (χ4v) is 2.67.